The first-order chi connectivity index (χ1) is 7.77. The standard InChI is InChI=1S/C15H31N/c1-3-16-14-15(2)12-10-8-6-4-5-7-9-11-13-15/h16H,3-14H2,1-2H3. The van der Waals surface area contributed by atoms with Crippen LogP contribution in [0.2, 0.25) is 0 Å². The van der Waals surface area contributed by atoms with E-state index in [1.807, 2.05) is 0 Å². The third-order valence-electron chi connectivity index (χ3n) is 4.11. The van der Waals surface area contributed by atoms with E-state index in [0.29, 0.717) is 5.41 Å². The highest BCUT2D eigenvalue weighted by Crippen LogP contribution is 2.31. The Morgan fingerprint density at radius 1 is 0.812 bits per heavy atom. The van der Waals surface area contributed by atoms with Crippen molar-refractivity contribution in [2.75, 3.05) is 13.1 Å². The van der Waals surface area contributed by atoms with E-state index in [4.69, 9.17) is 0 Å². The Morgan fingerprint density at radius 2 is 1.25 bits per heavy atom. The molecule has 96 valence electrons. The van der Waals surface area contributed by atoms with Gasteiger partial charge in [0.2, 0.25) is 0 Å². The van der Waals surface area contributed by atoms with Gasteiger partial charge < -0.3 is 5.32 Å². The zero-order chi connectivity index (χ0) is 11.7. The van der Waals surface area contributed by atoms with E-state index in [2.05, 4.69) is 19.2 Å². The molecule has 1 aliphatic carbocycles. The van der Waals surface area contributed by atoms with Gasteiger partial charge in [0.1, 0.15) is 0 Å². The van der Waals surface area contributed by atoms with Gasteiger partial charge in [0.15, 0.2) is 0 Å². The molecule has 0 atom stereocenters. The van der Waals surface area contributed by atoms with Gasteiger partial charge in [-0.3, -0.25) is 0 Å². The van der Waals surface area contributed by atoms with Crippen LogP contribution in [0.4, 0.5) is 0 Å². The van der Waals surface area contributed by atoms with E-state index >= 15 is 0 Å². The number of hydrogen-bond acceptors (Lipinski definition) is 1. The molecule has 0 heterocycles. The highest BCUT2D eigenvalue weighted by atomic mass is 14.9. The average molecular weight is 225 g/mol. The Morgan fingerprint density at radius 3 is 1.69 bits per heavy atom. The summed E-state index contributed by atoms with van der Waals surface area (Å²) in [6.07, 6.45) is 14.6. The van der Waals surface area contributed by atoms with E-state index in [-0.39, 0.29) is 0 Å². The normalized spacial score (nSPS) is 23.6. The molecule has 0 aromatic rings. The summed E-state index contributed by atoms with van der Waals surface area (Å²) in [4.78, 5) is 0. The second kappa shape index (κ2) is 8.11. The van der Waals surface area contributed by atoms with Crippen molar-refractivity contribution in [1.82, 2.24) is 5.32 Å². The highest BCUT2D eigenvalue weighted by molar-refractivity contribution is 4.77. The molecule has 0 saturated heterocycles. The number of rotatable bonds is 3. The van der Waals surface area contributed by atoms with Gasteiger partial charge in [-0.25, -0.2) is 0 Å². The molecule has 0 aromatic carbocycles. The predicted octanol–water partition coefficient (Wildman–Crippen LogP) is 4.52. The van der Waals surface area contributed by atoms with Crippen LogP contribution in [-0.4, -0.2) is 13.1 Å². The average Bonchev–Trinajstić information content (AvgIpc) is 2.33. The van der Waals surface area contributed by atoms with Crippen LogP contribution in [0.25, 0.3) is 0 Å². The number of nitrogens with one attached hydrogen (secondary N) is 1. The van der Waals surface area contributed by atoms with Crippen LogP contribution in [0.3, 0.4) is 0 Å². The molecule has 1 aliphatic rings. The second-order valence-electron chi connectivity index (χ2n) is 5.92. The minimum atomic E-state index is 0.570. The van der Waals surface area contributed by atoms with Crippen molar-refractivity contribution in [3.8, 4) is 0 Å². The third kappa shape index (κ3) is 5.89. The first-order valence-electron chi connectivity index (χ1n) is 7.47. The molecule has 16 heavy (non-hydrogen) atoms. The van der Waals surface area contributed by atoms with Gasteiger partial charge in [0, 0.05) is 6.54 Å². The Bertz CT molecular complexity index is 153. The van der Waals surface area contributed by atoms with Gasteiger partial charge in [0.25, 0.3) is 0 Å². The molecular formula is C15H31N. The topological polar surface area (TPSA) is 12.0 Å². The number of hydrogen-bond donors (Lipinski definition) is 1. The summed E-state index contributed by atoms with van der Waals surface area (Å²) in [6.45, 7) is 7.06. The minimum absolute atomic E-state index is 0.570. The van der Waals surface area contributed by atoms with Crippen LogP contribution >= 0.6 is 0 Å². The molecule has 1 rings (SSSR count). The first-order valence-corrected chi connectivity index (χ1v) is 7.47. The van der Waals surface area contributed by atoms with E-state index in [1.165, 1.54) is 70.8 Å². The summed E-state index contributed by atoms with van der Waals surface area (Å²) >= 11 is 0. The van der Waals surface area contributed by atoms with Gasteiger partial charge in [-0.15, -0.1) is 0 Å². The van der Waals surface area contributed by atoms with Crippen molar-refractivity contribution in [3.05, 3.63) is 0 Å². The fraction of sp³-hybridized carbons (Fsp3) is 1.00. The molecule has 1 N–H and O–H groups in total. The molecular weight excluding hydrogens is 194 g/mol. The van der Waals surface area contributed by atoms with Crippen LogP contribution in [0.15, 0.2) is 0 Å². The molecule has 0 spiro atoms. The van der Waals surface area contributed by atoms with Gasteiger partial charge in [0.05, 0.1) is 0 Å². The summed E-state index contributed by atoms with van der Waals surface area (Å²) in [5.41, 5.74) is 0.570. The Kier molecular flexibility index (Phi) is 7.11. The smallest absolute Gasteiger partial charge is 0.000504 e. The largest absolute Gasteiger partial charge is 0.316 e. The molecule has 1 fully saturated rings. The fourth-order valence-electron chi connectivity index (χ4n) is 2.89. The molecule has 0 amide bonds. The zero-order valence-corrected chi connectivity index (χ0v) is 11.5. The quantitative estimate of drug-likeness (QED) is 0.745. The monoisotopic (exact) mass is 225 g/mol. The molecule has 0 aromatic heterocycles. The van der Waals surface area contributed by atoms with E-state index in [1.54, 1.807) is 0 Å². The summed E-state index contributed by atoms with van der Waals surface area (Å²) in [7, 11) is 0. The highest BCUT2D eigenvalue weighted by Gasteiger charge is 2.22. The maximum Gasteiger partial charge on any atom is 0.000504 e. The van der Waals surface area contributed by atoms with Crippen LogP contribution < -0.4 is 5.32 Å². The lowest BCUT2D eigenvalue weighted by atomic mass is 9.80. The minimum Gasteiger partial charge on any atom is -0.316 e. The van der Waals surface area contributed by atoms with E-state index < -0.39 is 0 Å². The lowest BCUT2D eigenvalue weighted by Crippen LogP contribution is -2.31. The molecule has 0 aliphatic heterocycles. The van der Waals surface area contributed by atoms with E-state index in [9.17, 15) is 0 Å². The van der Waals surface area contributed by atoms with Crippen molar-refractivity contribution in [3.63, 3.8) is 0 Å². The molecule has 0 unspecified atom stereocenters. The Labute approximate surface area is 102 Å². The van der Waals surface area contributed by atoms with Crippen molar-refractivity contribution in [2.24, 2.45) is 5.41 Å². The van der Waals surface area contributed by atoms with Crippen molar-refractivity contribution in [1.29, 1.82) is 0 Å². The maximum atomic E-state index is 3.56. The van der Waals surface area contributed by atoms with Crippen molar-refractivity contribution < 1.29 is 0 Å². The molecule has 1 saturated carbocycles. The molecule has 0 radical (unpaired) electrons. The van der Waals surface area contributed by atoms with Crippen molar-refractivity contribution >= 4 is 0 Å². The van der Waals surface area contributed by atoms with Crippen LogP contribution in [0.5, 0.6) is 0 Å². The zero-order valence-electron chi connectivity index (χ0n) is 11.5. The van der Waals surface area contributed by atoms with Gasteiger partial charge >= 0.3 is 0 Å². The first kappa shape index (κ1) is 14.0. The summed E-state index contributed by atoms with van der Waals surface area (Å²) < 4.78 is 0. The summed E-state index contributed by atoms with van der Waals surface area (Å²) in [5.74, 6) is 0. The van der Waals surface area contributed by atoms with Crippen LogP contribution in [-0.2, 0) is 0 Å². The lowest BCUT2D eigenvalue weighted by molar-refractivity contribution is 0.244. The van der Waals surface area contributed by atoms with Crippen LogP contribution in [0, 0.1) is 5.41 Å². The van der Waals surface area contributed by atoms with Gasteiger partial charge in [-0.2, -0.15) is 0 Å². The van der Waals surface area contributed by atoms with Gasteiger partial charge in [-0.1, -0.05) is 65.2 Å². The lowest BCUT2D eigenvalue weighted by Gasteiger charge is -2.30. The summed E-state index contributed by atoms with van der Waals surface area (Å²) in [5, 5.41) is 3.56. The van der Waals surface area contributed by atoms with Gasteiger partial charge in [-0.05, 0) is 24.8 Å². The Hall–Kier alpha value is -0.0400. The molecule has 0 bridgehead atoms. The third-order valence-corrected chi connectivity index (χ3v) is 4.11. The predicted molar refractivity (Wildman–Crippen MR) is 72.8 cm³/mol. The van der Waals surface area contributed by atoms with Crippen molar-refractivity contribution in [2.45, 2.75) is 78.1 Å². The van der Waals surface area contributed by atoms with E-state index in [0.717, 1.165) is 6.54 Å². The summed E-state index contributed by atoms with van der Waals surface area (Å²) in [6, 6.07) is 0. The SMILES string of the molecule is CCNCC1(C)CCCCCCCCCC1. The maximum absolute atomic E-state index is 3.56. The fourth-order valence-corrected chi connectivity index (χ4v) is 2.89. The van der Waals surface area contributed by atoms with Crippen LogP contribution in [0.1, 0.15) is 78.1 Å². The molecule has 1 nitrogen and oxygen atoms in total. The Balaban J connectivity index is 2.37. The second-order valence-corrected chi connectivity index (χ2v) is 5.92. The molecule has 1 heteroatoms.